The molecule has 0 spiro atoms. The van der Waals surface area contributed by atoms with Crippen LogP contribution in [0.2, 0.25) is 0 Å². The summed E-state index contributed by atoms with van der Waals surface area (Å²) in [7, 11) is 1.69. The summed E-state index contributed by atoms with van der Waals surface area (Å²) in [5, 5.41) is 15.1. The first-order chi connectivity index (χ1) is 16.2. The molecule has 33 heavy (non-hydrogen) atoms. The molecular formula is C25H29N5OS2. The van der Waals surface area contributed by atoms with Crippen LogP contribution in [0.25, 0.3) is 10.2 Å². The molecule has 0 amide bonds. The van der Waals surface area contributed by atoms with Gasteiger partial charge in [0.15, 0.2) is 11.0 Å². The van der Waals surface area contributed by atoms with Crippen molar-refractivity contribution in [2.45, 2.75) is 62.0 Å². The summed E-state index contributed by atoms with van der Waals surface area (Å²) in [5.74, 6) is 1.83. The second-order valence-corrected chi connectivity index (χ2v) is 10.8. The third kappa shape index (κ3) is 5.01. The molecular weight excluding hydrogens is 450 g/mol. The predicted molar refractivity (Wildman–Crippen MR) is 136 cm³/mol. The number of nitrogens with one attached hydrogen (secondary N) is 1. The Balaban J connectivity index is 1.38. The number of thioether (sulfide) groups is 1. The van der Waals surface area contributed by atoms with Crippen molar-refractivity contribution in [3.8, 4) is 5.75 Å². The van der Waals surface area contributed by atoms with Gasteiger partial charge in [0, 0.05) is 17.8 Å². The largest absolute Gasteiger partial charge is 0.497 e. The van der Waals surface area contributed by atoms with Crippen LogP contribution in [-0.2, 0) is 6.54 Å². The maximum atomic E-state index is 5.36. The molecule has 0 radical (unpaired) electrons. The number of methoxy groups -OCH3 is 1. The molecule has 5 rings (SSSR count). The Morgan fingerprint density at radius 1 is 1.12 bits per heavy atom. The number of hydrogen-bond acceptors (Lipinski definition) is 7. The van der Waals surface area contributed by atoms with Crippen molar-refractivity contribution in [3.05, 3.63) is 59.4 Å². The number of nitrogens with zero attached hydrogens (tertiary/aromatic N) is 4. The molecule has 0 aliphatic heterocycles. The lowest BCUT2D eigenvalue weighted by Gasteiger charge is -2.26. The molecule has 1 fully saturated rings. The number of fused-ring (bicyclic) bond motifs is 1. The molecule has 6 nitrogen and oxygen atoms in total. The average molecular weight is 480 g/mol. The van der Waals surface area contributed by atoms with E-state index >= 15 is 0 Å². The molecule has 2 aromatic carbocycles. The zero-order valence-corrected chi connectivity index (χ0v) is 20.7. The van der Waals surface area contributed by atoms with Crippen molar-refractivity contribution in [1.29, 1.82) is 0 Å². The van der Waals surface area contributed by atoms with Crippen molar-refractivity contribution in [2.75, 3.05) is 12.4 Å². The Hall–Kier alpha value is -2.58. The molecule has 0 bridgehead atoms. The van der Waals surface area contributed by atoms with Crippen LogP contribution in [-0.4, -0.2) is 26.9 Å². The zero-order chi connectivity index (χ0) is 22.6. The van der Waals surface area contributed by atoms with Crippen LogP contribution < -0.4 is 10.1 Å². The Morgan fingerprint density at radius 3 is 2.79 bits per heavy atom. The summed E-state index contributed by atoms with van der Waals surface area (Å²) in [6.07, 6.45) is 6.23. The van der Waals surface area contributed by atoms with Crippen LogP contribution in [0.4, 0.5) is 5.69 Å². The van der Waals surface area contributed by atoms with Gasteiger partial charge in [-0.05, 0) is 44.0 Å². The summed E-state index contributed by atoms with van der Waals surface area (Å²) in [6, 6.07) is 16.8. The first-order valence-electron chi connectivity index (χ1n) is 11.5. The summed E-state index contributed by atoms with van der Waals surface area (Å²) in [4.78, 5) is 4.87. The van der Waals surface area contributed by atoms with Crippen LogP contribution in [0.3, 0.4) is 0 Å². The molecule has 1 aliphatic rings. The maximum absolute atomic E-state index is 5.36. The Labute approximate surface area is 202 Å². The van der Waals surface area contributed by atoms with Crippen molar-refractivity contribution in [1.82, 2.24) is 19.7 Å². The predicted octanol–water partition coefficient (Wildman–Crippen LogP) is 6.87. The monoisotopic (exact) mass is 479 g/mol. The Bertz CT molecular complexity index is 1180. The maximum Gasteiger partial charge on any atom is 0.192 e. The number of hydrogen-bond donors (Lipinski definition) is 1. The van der Waals surface area contributed by atoms with Crippen molar-refractivity contribution >= 4 is 39.0 Å². The van der Waals surface area contributed by atoms with Gasteiger partial charge in [-0.3, -0.25) is 0 Å². The summed E-state index contributed by atoms with van der Waals surface area (Å²) in [5.41, 5.74) is 2.09. The zero-order valence-electron chi connectivity index (χ0n) is 19.0. The molecule has 4 aromatic rings. The highest BCUT2D eigenvalue weighted by Crippen LogP contribution is 2.40. The summed E-state index contributed by atoms with van der Waals surface area (Å²) < 4.78 is 8.98. The SMILES string of the molecule is COc1cccc(NCc2nnc(S[C@H](C)c3nc4ccccc4s3)n2C2CCCCC2)c1. The van der Waals surface area contributed by atoms with Gasteiger partial charge in [0.05, 0.1) is 29.1 Å². The number of benzene rings is 2. The molecule has 1 N–H and O–H groups in total. The minimum absolute atomic E-state index is 0.216. The van der Waals surface area contributed by atoms with E-state index in [0.717, 1.165) is 32.9 Å². The molecule has 1 saturated carbocycles. The van der Waals surface area contributed by atoms with Gasteiger partial charge in [-0.2, -0.15) is 0 Å². The van der Waals surface area contributed by atoms with Crippen molar-refractivity contribution in [2.24, 2.45) is 0 Å². The van der Waals surface area contributed by atoms with E-state index < -0.39 is 0 Å². The van der Waals surface area contributed by atoms with E-state index in [1.807, 2.05) is 24.3 Å². The number of aromatic nitrogens is 4. The Morgan fingerprint density at radius 2 is 1.97 bits per heavy atom. The second-order valence-electron chi connectivity index (χ2n) is 8.43. The number of anilines is 1. The molecule has 2 heterocycles. The van der Waals surface area contributed by atoms with E-state index in [9.17, 15) is 0 Å². The minimum Gasteiger partial charge on any atom is -0.497 e. The van der Waals surface area contributed by atoms with E-state index in [-0.39, 0.29) is 5.25 Å². The smallest absolute Gasteiger partial charge is 0.192 e. The van der Waals surface area contributed by atoms with E-state index in [2.05, 4.69) is 51.3 Å². The van der Waals surface area contributed by atoms with Gasteiger partial charge >= 0.3 is 0 Å². The second kappa shape index (κ2) is 10.1. The van der Waals surface area contributed by atoms with Gasteiger partial charge in [-0.15, -0.1) is 21.5 Å². The topological polar surface area (TPSA) is 64.9 Å². The fourth-order valence-corrected chi connectivity index (χ4v) is 6.52. The highest BCUT2D eigenvalue weighted by molar-refractivity contribution is 7.99. The number of thiazole rings is 1. The molecule has 1 aliphatic carbocycles. The standard InChI is InChI=1S/C25H29N5OS2/c1-17(24-27-21-13-6-7-14-22(21)33-24)32-25-29-28-23(30(25)19-10-4-3-5-11-19)16-26-18-9-8-12-20(15-18)31-2/h6-9,12-15,17,19,26H,3-5,10-11,16H2,1-2H3/t17-/m1/s1. The lowest BCUT2D eigenvalue weighted by Crippen LogP contribution is -2.18. The van der Waals surface area contributed by atoms with E-state index in [1.165, 1.54) is 36.8 Å². The highest BCUT2D eigenvalue weighted by Gasteiger charge is 2.25. The first kappa shape index (κ1) is 22.2. The molecule has 0 saturated heterocycles. The minimum atomic E-state index is 0.216. The first-order valence-corrected chi connectivity index (χ1v) is 13.2. The molecule has 172 valence electrons. The molecule has 1 atom stereocenters. The third-order valence-electron chi connectivity index (χ3n) is 6.14. The van der Waals surface area contributed by atoms with Gasteiger partial charge < -0.3 is 14.6 Å². The van der Waals surface area contributed by atoms with Gasteiger partial charge in [-0.25, -0.2) is 4.98 Å². The quantitative estimate of drug-likeness (QED) is 0.278. The molecule has 0 unspecified atom stereocenters. The van der Waals surface area contributed by atoms with Gasteiger partial charge in [0.1, 0.15) is 10.8 Å². The lowest BCUT2D eigenvalue weighted by molar-refractivity contribution is 0.330. The van der Waals surface area contributed by atoms with Crippen LogP contribution in [0.15, 0.2) is 53.7 Å². The number of rotatable bonds is 8. The summed E-state index contributed by atoms with van der Waals surface area (Å²) >= 11 is 3.54. The van der Waals surface area contributed by atoms with Crippen molar-refractivity contribution in [3.63, 3.8) is 0 Å². The van der Waals surface area contributed by atoms with Crippen LogP contribution in [0.5, 0.6) is 5.75 Å². The van der Waals surface area contributed by atoms with E-state index in [4.69, 9.17) is 9.72 Å². The van der Waals surface area contributed by atoms with Crippen LogP contribution in [0.1, 0.15) is 61.2 Å². The fraction of sp³-hybridized carbons (Fsp3) is 0.400. The van der Waals surface area contributed by atoms with Crippen LogP contribution >= 0.6 is 23.1 Å². The molecule has 8 heteroatoms. The van der Waals surface area contributed by atoms with Gasteiger partial charge in [0.2, 0.25) is 0 Å². The normalized spacial score (nSPS) is 15.6. The highest BCUT2D eigenvalue weighted by atomic mass is 32.2. The summed E-state index contributed by atoms with van der Waals surface area (Å²) in [6.45, 7) is 2.85. The Kier molecular flexibility index (Phi) is 6.83. The third-order valence-corrected chi connectivity index (χ3v) is 8.57. The molecule has 2 aromatic heterocycles. The van der Waals surface area contributed by atoms with Crippen molar-refractivity contribution < 1.29 is 4.74 Å². The van der Waals surface area contributed by atoms with Crippen LogP contribution in [0, 0.1) is 0 Å². The van der Waals surface area contributed by atoms with Gasteiger partial charge in [-0.1, -0.05) is 49.2 Å². The average Bonchev–Trinajstić information content (AvgIpc) is 3.47. The van der Waals surface area contributed by atoms with E-state index in [1.54, 1.807) is 30.2 Å². The lowest BCUT2D eigenvalue weighted by atomic mass is 9.95. The number of para-hydroxylation sites is 1. The fourth-order valence-electron chi connectivity index (χ4n) is 4.40. The number of ether oxygens (including phenoxy) is 1. The van der Waals surface area contributed by atoms with E-state index in [0.29, 0.717) is 12.6 Å². The van der Waals surface area contributed by atoms with Gasteiger partial charge in [0.25, 0.3) is 0 Å².